The van der Waals surface area contributed by atoms with E-state index in [0.717, 1.165) is 5.69 Å². The molecule has 0 saturated heterocycles. The molecule has 0 saturated carbocycles. The molecule has 0 fully saturated rings. The molecule has 0 aliphatic heterocycles. The van der Waals surface area contributed by atoms with Gasteiger partial charge in [-0.2, -0.15) is 0 Å². The summed E-state index contributed by atoms with van der Waals surface area (Å²) in [5, 5.41) is 12.2. The number of aryl methyl sites for hydroxylation is 1. The van der Waals surface area contributed by atoms with Crippen molar-refractivity contribution in [3.05, 3.63) is 29.6 Å². The van der Waals surface area contributed by atoms with Crippen LogP contribution in [0.1, 0.15) is 43.4 Å². The van der Waals surface area contributed by atoms with Crippen molar-refractivity contribution in [1.82, 2.24) is 10.3 Å². The maximum absolute atomic E-state index is 11.9. The van der Waals surface area contributed by atoms with Gasteiger partial charge in [0.15, 0.2) is 0 Å². The molecule has 0 aliphatic carbocycles. The van der Waals surface area contributed by atoms with E-state index < -0.39 is 0 Å². The number of aliphatic hydroxyl groups is 1. The van der Waals surface area contributed by atoms with Gasteiger partial charge >= 0.3 is 0 Å². The van der Waals surface area contributed by atoms with Crippen molar-refractivity contribution in [2.24, 2.45) is 5.41 Å². The third kappa shape index (κ3) is 4.84. The third-order valence-corrected chi connectivity index (χ3v) is 2.70. The summed E-state index contributed by atoms with van der Waals surface area (Å²) in [5.41, 5.74) is 1.13. The fourth-order valence-electron chi connectivity index (χ4n) is 1.95. The van der Waals surface area contributed by atoms with Crippen LogP contribution < -0.4 is 5.32 Å². The number of nitrogens with zero attached hydrogens (tertiary/aromatic N) is 1. The van der Waals surface area contributed by atoms with Crippen molar-refractivity contribution in [2.45, 2.75) is 40.2 Å². The number of nitrogens with one attached hydrogen (secondary N) is 1. The Kier molecular flexibility index (Phi) is 4.84. The molecule has 18 heavy (non-hydrogen) atoms. The van der Waals surface area contributed by atoms with E-state index in [2.05, 4.69) is 10.3 Å². The van der Waals surface area contributed by atoms with Gasteiger partial charge < -0.3 is 10.4 Å². The van der Waals surface area contributed by atoms with Gasteiger partial charge in [0.05, 0.1) is 6.10 Å². The molecule has 0 aliphatic rings. The second-order valence-electron chi connectivity index (χ2n) is 5.56. The summed E-state index contributed by atoms with van der Waals surface area (Å²) >= 11 is 0. The molecule has 0 bridgehead atoms. The number of carbonyl (C=O) groups is 1. The maximum atomic E-state index is 11.9. The first-order valence-electron chi connectivity index (χ1n) is 6.20. The van der Waals surface area contributed by atoms with Crippen molar-refractivity contribution >= 4 is 5.91 Å². The van der Waals surface area contributed by atoms with Gasteiger partial charge in [0.25, 0.3) is 5.91 Å². The Morgan fingerprint density at radius 3 is 2.72 bits per heavy atom. The Bertz CT molecular complexity index is 414. The van der Waals surface area contributed by atoms with Gasteiger partial charge in [0.2, 0.25) is 0 Å². The van der Waals surface area contributed by atoms with Crippen molar-refractivity contribution in [3.63, 3.8) is 0 Å². The van der Waals surface area contributed by atoms with E-state index in [9.17, 15) is 9.90 Å². The minimum Gasteiger partial charge on any atom is -0.393 e. The average molecular weight is 250 g/mol. The maximum Gasteiger partial charge on any atom is 0.269 e. The second kappa shape index (κ2) is 5.96. The first-order chi connectivity index (χ1) is 8.30. The lowest BCUT2D eigenvalue weighted by Crippen LogP contribution is -2.36. The topological polar surface area (TPSA) is 62.2 Å². The number of amides is 1. The van der Waals surface area contributed by atoms with E-state index in [1.165, 1.54) is 0 Å². The smallest absolute Gasteiger partial charge is 0.269 e. The van der Waals surface area contributed by atoms with Gasteiger partial charge in [-0.1, -0.05) is 19.9 Å². The Balaban J connectivity index is 2.56. The van der Waals surface area contributed by atoms with Crippen molar-refractivity contribution in [3.8, 4) is 0 Å². The zero-order chi connectivity index (χ0) is 13.8. The van der Waals surface area contributed by atoms with Crippen LogP contribution >= 0.6 is 0 Å². The molecule has 1 aromatic rings. The SMILES string of the molecule is Cc1cccc(C(=O)NCC(C)(C)CC(C)O)n1. The summed E-state index contributed by atoms with van der Waals surface area (Å²) in [4.78, 5) is 16.1. The standard InChI is InChI=1S/C14H22N2O2/c1-10-6-5-7-12(16-10)13(18)15-9-14(3,4)8-11(2)17/h5-7,11,17H,8-9H2,1-4H3,(H,15,18). The molecule has 1 atom stereocenters. The summed E-state index contributed by atoms with van der Waals surface area (Å²) in [6, 6.07) is 5.37. The quantitative estimate of drug-likeness (QED) is 0.839. The van der Waals surface area contributed by atoms with Crippen LogP contribution in [0, 0.1) is 12.3 Å². The van der Waals surface area contributed by atoms with Crippen LogP contribution in [-0.4, -0.2) is 28.6 Å². The number of aliphatic hydroxyl groups excluding tert-OH is 1. The molecule has 1 aromatic heterocycles. The summed E-state index contributed by atoms with van der Waals surface area (Å²) in [6.45, 7) is 8.17. The number of carbonyl (C=O) groups excluding carboxylic acids is 1. The highest BCUT2D eigenvalue weighted by Gasteiger charge is 2.21. The van der Waals surface area contributed by atoms with E-state index >= 15 is 0 Å². The molecule has 1 heterocycles. The molecule has 0 aromatic carbocycles. The Morgan fingerprint density at radius 1 is 1.50 bits per heavy atom. The fourth-order valence-corrected chi connectivity index (χ4v) is 1.95. The molecular weight excluding hydrogens is 228 g/mol. The lowest BCUT2D eigenvalue weighted by molar-refractivity contribution is 0.0897. The van der Waals surface area contributed by atoms with E-state index in [4.69, 9.17) is 0 Å². The van der Waals surface area contributed by atoms with Crippen LogP contribution in [0.5, 0.6) is 0 Å². The molecule has 1 unspecified atom stereocenters. The lowest BCUT2D eigenvalue weighted by atomic mass is 9.87. The van der Waals surface area contributed by atoms with E-state index in [-0.39, 0.29) is 17.4 Å². The number of aromatic nitrogens is 1. The van der Waals surface area contributed by atoms with Gasteiger partial charge in [0, 0.05) is 12.2 Å². The van der Waals surface area contributed by atoms with Gasteiger partial charge in [-0.25, -0.2) is 4.98 Å². The molecule has 0 radical (unpaired) electrons. The molecule has 4 nitrogen and oxygen atoms in total. The van der Waals surface area contributed by atoms with Crippen molar-refractivity contribution < 1.29 is 9.90 Å². The molecule has 100 valence electrons. The van der Waals surface area contributed by atoms with Crippen LogP contribution in [0.4, 0.5) is 0 Å². The summed E-state index contributed by atoms with van der Waals surface area (Å²) in [6.07, 6.45) is 0.281. The summed E-state index contributed by atoms with van der Waals surface area (Å²) < 4.78 is 0. The van der Waals surface area contributed by atoms with E-state index in [1.54, 1.807) is 13.0 Å². The minimum atomic E-state index is -0.367. The molecule has 2 N–H and O–H groups in total. The average Bonchev–Trinajstić information content (AvgIpc) is 2.24. The molecular formula is C14H22N2O2. The molecule has 0 spiro atoms. The van der Waals surface area contributed by atoms with Gasteiger partial charge in [0.1, 0.15) is 5.69 Å². The number of rotatable bonds is 5. The van der Waals surface area contributed by atoms with Crippen LogP contribution in [0.3, 0.4) is 0 Å². The number of hydrogen-bond acceptors (Lipinski definition) is 3. The Labute approximate surface area is 108 Å². The lowest BCUT2D eigenvalue weighted by Gasteiger charge is -2.26. The predicted molar refractivity (Wildman–Crippen MR) is 71.4 cm³/mol. The predicted octanol–water partition coefficient (Wildman–Crippen LogP) is 1.92. The van der Waals surface area contributed by atoms with E-state index in [0.29, 0.717) is 18.7 Å². The highest BCUT2D eigenvalue weighted by Crippen LogP contribution is 2.21. The van der Waals surface area contributed by atoms with Gasteiger partial charge in [-0.3, -0.25) is 4.79 Å². The third-order valence-electron chi connectivity index (χ3n) is 2.70. The highest BCUT2D eigenvalue weighted by atomic mass is 16.3. The Morgan fingerprint density at radius 2 is 2.17 bits per heavy atom. The number of hydrogen-bond donors (Lipinski definition) is 2. The van der Waals surface area contributed by atoms with Crippen LogP contribution in [0.25, 0.3) is 0 Å². The number of pyridine rings is 1. The van der Waals surface area contributed by atoms with Gasteiger partial charge in [-0.15, -0.1) is 0 Å². The van der Waals surface area contributed by atoms with Crippen LogP contribution in [0.15, 0.2) is 18.2 Å². The first kappa shape index (κ1) is 14.6. The van der Waals surface area contributed by atoms with Gasteiger partial charge in [-0.05, 0) is 37.8 Å². The molecule has 1 amide bonds. The van der Waals surface area contributed by atoms with E-state index in [1.807, 2.05) is 32.9 Å². The normalized spacial score (nSPS) is 13.2. The van der Waals surface area contributed by atoms with Crippen molar-refractivity contribution in [1.29, 1.82) is 0 Å². The monoisotopic (exact) mass is 250 g/mol. The Hall–Kier alpha value is -1.42. The largest absolute Gasteiger partial charge is 0.393 e. The minimum absolute atomic E-state index is 0.131. The second-order valence-corrected chi connectivity index (χ2v) is 5.56. The molecule has 4 heteroatoms. The van der Waals surface area contributed by atoms with Crippen molar-refractivity contribution in [2.75, 3.05) is 6.54 Å². The zero-order valence-corrected chi connectivity index (χ0v) is 11.5. The molecule has 1 rings (SSSR count). The highest BCUT2D eigenvalue weighted by molar-refractivity contribution is 5.92. The summed E-state index contributed by atoms with van der Waals surface area (Å²) in [5.74, 6) is -0.169. The summed E-state index contributed by atoms with van der Waals surface area (Å²) in [7, 11) is 0. The van der Waals surface area contributed by atoms with Crippen LogP contribution in [-0.2, 0) is 0 Å². The zero-order valence-electron chi connectivity index (χ0n) is 11.5. The van der Waals surface area contributed by atoms with Crippen LogP contribution in [0.2, 0.25) is 0 Å². The fraction of sp³-hybridized carbons (Fsp3) is 0.571. The first-order valence-corrected chi connectivity index (χ1v) is 6.20.